The molecule has 1 unspecified atom stereocenters. The first kappa shape index (κ1) is 26.5. The Bertz CT molecular complexity index is 1710. The minimum Gasteiger partial charge on any atom is -0.453 e. The Morgan fingerprint density at radius 3 is 2.17 bits per heavy atom. The van der Waals surface area contributed by atoms with Crippen LogP contribution in [0.15, 0.2) is 78.9 Å². The quantitative estimate of drug-likeness (QED) is 0.222. The monoisotopic (exact) mass is 576 g/mol. The third kappa shape index (κ3) is 4.76. The number of aryl methyl sites for hydroxylation is 2. The lowest BCUT2D eigenvalue weighted by molar-refractivity contribution is 0.447. The zero-order valence-corrected chi connectivity index (χ0v) is 23.7. The minimum atomic E-state index is -4.28. The van der Waals surface area contributed by atoms with Gasteiger partial charge in [0, 0.05) is 6.42 Å². The highest BCUT2D eigenvalue weighted by Crippen LogP contribution is 2.55. The zero-order valence-electron chi connectivity index (χ0n) is 22.2. The highest BCUT2D eigenvalue weighted by Gasteiger charge is 2.39. The molecule has 2 aliphatic heterocycles. The molecule has 0 bridgehead atoms. The van der Waals surface area contributed by atoms with Gasteiger partial charge in [-0.2, -0.15) is 8.42 Å². The Labute approximate surface area is 239 Å². The van der Waals surface area contributed by atoms with E-state index in [1.807, 2.05) is 60.7 Å². The van der Waals surface area contributed by atoms with E-state index in [9.17, 15) is 13.0 Å². The Morgan fingerprint density at radius 2 is 1.40 bits per heavy atom. The van der Waals surface area contributed by atoms with Crippen molar-refractivity contribution in [2.45, 2.75) is 39.3 Å². The topological polar surface area (TPSA) is 79.3 Å². The van der Waals surface area contributed by atoms with Crippen molar-refractivity contribution in [3.63, 3.8) is 0 Å². The van der Waals surface area contributed by atoms with Gasteiger partial charge in [0.2, 0.25) is 0 Å². The molecule has 0 saturated heterocycles. The van der Waals surface area contributed by atoms with Crippen molar-refractivity contribution in [3.8, 4) is 23.0 Å². The van der Waals surface area contributed by atoms with Crippen LogP contribution in [0.3, 0.4) is 0 Å². The standard InChI is InChI=1S/C31H29ClN2O5S/c1-3-20-13-15-28-26(18-20)34(24-14-12-21(4-2)19-29(24)38-28)30(16-17-40(35,36)37)33-23-9-5-6-11-27(23)39-31-22(32)8-7-10-25(31)33/h5-15,18-19,30H,3-4,16-17H2,1-2H3,(H,35,36,37). The molecule has 9 heteroatoms. The normalized spacial score (nSPS) is 14.3. The number of fused-ring (bicyclic) bond motifs is 4. The number of anilines is 4. The van der Waals surface area contributed by atoms with E-state index in [0.717, 1.165) is 41.0 Å². The lowest BCUT2D eigenvalue weighted by atomic mass is 10.0. The van der Waals surface area contributed by atoms with Crippen LogP contribution in [0.5, 0.6) is 23.0 Å². The minimum absolute atomic E-state index is 0.0733. The molecule has 2 heterocycles. The van der Waals surface area contributed by atoms with Crippen LogP contribution in [0, 0.1) is 0 Å². The Kier molecular flexibility index (Phi) is 6.86. The maximum atomic E-state index is 12.2. The van der Waals surface area contributed by atoms with Crippen LogP contribution >= 0.6 is 11.6 Å². The van der Waals surface area contributed by atoms with E-state index < -0.39 is 22.0 Å². The van der Waals surface area contributed by atoms with Gasteiger partial charge in [0.15, 0.2) is 23.0 Å². The summed E-state index contributed by atoms with van der Waals surface area (Å²) in [6.45, 7) is 4.17. The molecule has 0 aromatic heterocycles. The van der Waals surface area contributed by atoms with Crippen LogP contribution in [0.4, 0.5) is 22.7 Å². The third-order valence-corrected chi connectivity index (χ3v) is 8.42. The molecule has 0 aliphatic carbocycles. The van der Waals surface area contributed by atoms with Crippen molar-refractivity contribution in [2.24, 2.45) is 0 Å². The van der Waals surface area contributed by atoms with Gasteiger partial charge < -0.3 is 19.3 Å². The predicted molar refractivity (Wildman–Crippen MR) is 159 cm³/mol. The van der Waals surface area contributed by atoms with E-state index in [2.05, 4.69) is 35.8 Å². The molecule has 1 N–H and O–H groups in total. The maximum absolute atomic E-state index is 12.2. The summed E-state index contributed by atoms with van der Waals surface area (Å²) in [5.41, 5.74) is 5.28. The summed E-state index contributed by atoms with van der Waals surface area (Å²) < 4.78 is 46.9. The number of rotatable bonds is 7. The van der Waals surface area contributed by atoms with Crippen molar-refractivity contribution in [1.82, 2.24) is 0 Å². The summed E-state index contributed by atoms with van der Waals surface area (Å²) >= 11 is 6.63. The van der Waals surface area contributed by atoms with E-state index in [4.69, 9.17) is 21.1 Å². The van der Waals surface area contributed by atoms with Gasteiger partial charge in [-0.05, 0) is 72.5 Å². The number of nitrogens with zero attached hydrogens (tertiary/aromatic N) is 2. The molecule has 6 rings (SSSR count). The molecular formula is C31H29ClN2O5S. The van der Waals surface area contributed by atoms with Crippen LogP contribution in [-0.4, -0.2) is 24.9 Å². The van der Waals surface area contributed by atoms with Crippen molar-refractivity contribution in [2.75, 3.05) is 15.6 Å². The highest BCUT2D eigenvalue weighted by atomic mass is 35.5. The van der Waals surface area contributed by atoms with Crippen molar-refractivity contribution in [1.29, 1.82) is 0 Å². The van der Waals surface area contributed by atoms with Crippen LogP contribution in [-0.2, 0) is 23.0 Å². The second-order valence-corrected chi connectivity index (χ2v) is 11.8. The third-order valence-electron chi connectivity index (χ3n) is 7.38. The molecule has 4 aromatic carbocycles. The molecule has 2 aliphatic rings. The average Bonchev–Trinajstić information content (AvgIpc) is 2.95. The number of halogens is 1. The summed E-state index contributed by atoms with van der Waals surface area (Å²) in [5.74, 6) is 1.98. The van der Waals surface area contributed by atoms with Gasteiger partial charge in [0.1, 0.15) is 6.17 Å². The van der Waals surface area contributed by atoms with Gasteiger partial charge in [-0.1, -0.05) is 55.8 Å². The second kappa shape index (κ2) is 10.4. The number of ether oxygens (including phenoxy) is 2. The lowest BCUT2D eigenvalue weighted by Gasteiger charge is -2.46. The summed E-state index contributed by atoms with van der Waals surface area (Å²) in [7, 11) is -4.28. The predicted octanol–water partition coefficient (Wildman–Crippen LogP) is 8.26. The zero-order chi connectivity index (χ0) is 28.0. The van der Waals surface area contributed by atoms with Gasteiger partial charge in [-0.15, -0.1) is 0 Å². The molecule has 7 nitrogen and oxygen atoms in total. The molecule has 1 atom stereocenters. The summed E-state index contributed by atoms with van der Waals surface area (Å²) in [4.78, 5) is 4.17. The Morgan fingerprint density at radius 1 is 0.750 bits per heavy atom. The number of para-hydroxylation sites is 3. The lowest BCUT2D eigenvalue weighted by Crippen LogP contribution is -2.47. The van der Waals surface area contributed by atoms with Crippen molar-refractivity contribution >= 4 is 44.5 Å². The van der Waals surface area contributed by atoms with Crippen LogP contribution < -0.4 is 19.3 Å². The van der Waals surface area contributed by atoms with Crippen LogP contribution in [0.25, 0.3) is 0 Å². The van der Waals surface area contributed by atoms with Gasteiger partial charge in [0.25, 0.3) is 10.1 Å². The van der Waals surface area contributed by atoms with E-state index >= 15 is 0 Å². The summed E-state index contributed by atoms with van der Waals surface area (Å²) in [6, 6.07) is 25.3. The first-order valence-electron chi connectivity index (χ1n) is 13.3. The number of benzene rings is 4. The molecule has 0 fully saturated rings. The molecular weight excluding hydrogens is 548 g/mol. The molecule has 0 amide bonds. The SMILES string of the molecule is CCc1ccc2c(c1)Oc1ccc(CC)cc1N2C(CCS(=O)(=O)O)N1c2ccccc2Oc2c(Cl)cccc21. The van der Waals surface area contributed by atoms with Crippen molar-refractivity contribution < 1.29 is 22.4 Å². The maximum Gasteiger partial charge on any atom is 0.265 e. The Hall–Kier alpha value is -3.72. The van der Waals surface area contributed by atoms with Gasteiger partial charge in [-0.3, -0.25) is 4.55 Å². The van der Waals surface area contributed by atoms with Gasteiger partial charge in [0.05, 0.1) is 33.5 Å². The van der Waals surface area contributed by atoms with Gasteiger partial charge >= 0.3 is 0 Å². The smallest absolute Gasteiger partial charge is 0.265 e. The largest absolute Gasteiger partial charge is 0.453 e. The average molecular weight is 577 g/mol. The van der Waals surface area contributed by atoms with Crippen LogP contribution in [0.2, 0.25) is 5.02 Å². The van der Waals surface area contributed by atoms with Gasteiger partial charge in [-0.25, -0.2) is 0 Å². The summed E-state index contributed by atoms with van der Waals surface area (Å²) in [5, 5.41) is 0.439. The first-order chi connectivity index (χ1) is 19.3. The van der Waals surface area contributed by atoms with Crippen LogP contribution in [0.1, 0.15) is 31.4 Å². The van der Waals surface area contributed by atoms with E-state index in [0.29, 0.717) is 33.7 Å². The molecule has 0 spiro atoms. The van der Waals surface area contributed by atoms with Crippen molar-refractivity contribution in [3.05, 3.63) is 95.0 Å². The van der Waals surface area contributed by atoms with E-state index in [1.54, 1.807) is 6.07 Å². The number of hydrogen-bond acceptors (Lipinski definition) is 6. The highest BCUT2D eigenvalue weighted by molar-refractivity contribution is 7.85. The van der Waals surface area contributed by atoms with E-state index in [1.165, 1.54) is 0 Å². The molecule has 0 saturated carbocycles. The Balaban J connectivity index is 1.62. The number of hydrogen-bond donors (Lipinski definition) is 1. The fourth-order valence-electron chi connectivity index (χ4n) is 5.41. The fraction of sp³-hybridized carbons (Fsp3) is 0.226. The molecule has 206 valence electrons. The second-order valence-electron chi connectivity index (χ2n) is 9.87. The molecule has 0 radical (unpaired) electrons. The molecule has 4 aromatic rings. The summed E-state index contributed by atoms with van der Waals surface area (Å²) in [6.07, 6.45) is 1.12. The fourth-order valence-corrected chi connectivity index (χ4v) is 6.12. The first-order valence-corrected chi connectivity index (χ1v) is 15.3. The van der Waals surface area contributed by atoms with E-state index in [-0.39, 0.29) is 6.42 Å². The molecule has 40 heavy (non-hydrogen) atoms.